The molecule has 1 saturated carbocycles. The van der Waals surface area contributed by atoms with Crippen LogP contribution < -0.4 is 5.32 Å². The highest BCUT2D eigenvalue weighted by molar-refractivity contribution is 5.91. The van der Waals surface area contributed by atoms with Crippen molar-refractivity contribution in [1.82, 2.24) is 14.9 Å². The van der Waals surface area contributed by atoms with Gasteiger partial charge in [0.05, 0.1) is 17.8 Å². The molecule has 1 aliphatic rings. The molecular weight excluding hydrogens is 329 g/mol. The number of halogens is 1. The van der Waals surface area contributed by atoms with Crippen molar-refractivity contribution in [3.8, 4) is 0 Å². The normalized spacial score (nSPS) is 16.0. The molecule has 132 valence electrons. The highest BCUT2D eigenvalue weighted by Crippen LogP contribution is 2.48. The fraction of sp³-hybridized carbons (Fsp3) is 0.238. The van der Waals surface area contributed by atoms with Crippen LogP contribution in [0.15, 0.2) is 73.3 Å². The Hall–Kier alpha value is -2.95. The summed E-state index contributed by atoms with van der Waals surface area (Å²) in [6.45, 7) is 0.606. The lowest BCUT2D eigenvalue weighted by Gasteiger charge is -2.23. The molecule has 0 bridgehead atoms. The van der Waals surface area contributed by atoms with Gasteiger partial charge < -0.3 is 9.88 Å². The molecule has 0 aliphatic heterocycles. The summed E-state index contributed by atoms with van der Waals surface area (Å²) in [5.41, 5.74) is 1.39. The van der Waals surface area contributed by atoms with Crippen molar-refractivity contribution in [3.05, 3.63) is 90.3 Å². The Bertz CT molecular complexity index is 871. The van der Waals surface area contributed by atoms with E-state index in [0.717, 1.165) is 24.0 Å². The Kier molecular flexibility index (Phi) is 4.29. The summed E-state index contributed by atoms with van der Waals surface area (Å²) >= 11 is 0. The summed E-state index contributed by atoms with van der Waals surface area (Å²) in [5.74, 6) is -0.287. The van der Waals surface area contributed by atoms with Crippen LogP contribution in [0, 0.1) is 5.82 Å². The first-order valence-electron chi connectivity index (χ1n) is 8.75. The fourth-order valence-electron chi connectivity index (χ4n) is 3.36. The highest BCUT2D eigenvalue weighted by atomic mass is 19.1. The third-order valence-electron chi connectivity index (χ3n) is 5.04. The van der Waals surface area contributed by atoms with Gasteiger partial charge in [-0.15, -0.1) is 0 Å². The first-order chi connectivity index (χ1) is 12.7. The average molecular weight is 349 g/mol. The number of amides is 1. The standard InChI is InChI=1S/C21H20FN3O/c22-18-8-6-17(7-9-18)21(10-11-21)20(26)24-19(14-25-13-12-23-15-25)16-4-2-1-3-5-16/h1-9,12-13,15,19H,10-11,14H2,(H,24,26)/t19-/m0/s1. The van der Waals surface area contributed by atoms with Gasteiger partial charge in [-0.05, 0) is 36.1 Å². The molecule has 0 unspecified atom stereocenters. The molecule has 1 amide bonds. The quantitative estimate of drug-likeness (QED) is 0.739. The molecule has 4 nitrogen and oxygen atoms in total. The molecular formula is C21H20FN3O. The van der Waals surface area contributed by atoms with Crippen molar-refractivity contribution in [1.29, 1.82) is 0 Å². The van der Waals surface area contributed by atoms with E-state index in [1.807, 2.05) is 41.1 Å². The summed E-state index contributed by atoms with van der Waals surface area (Å²) in [6.07, 6.45) is 6.93. The zero-order chi connectivity index (χ0) is 18.0. The maximum absolute atomic E-state index is 13.2. The number of benzene rings is 2. The number of hydrogen-bond donors (Lipinski definition) is 1. The number of imidazole rings is 1. The molecule has 1 atom stereocenters. The third-order valence-corrected chi connectivity index (χ3v) is 5.04. The van der Waals surface area contributed by atoms with Crippen molar-refractivity contribution in [2.45, 2.75) is 30.8 Å². The monoisotopic (exact) mass is 349 g/mol. The predicted molar refractivity (Wildman–Crippen MR) is 96.9 cm³/mol. The van der Waals surface area contributed by atoms with Gasteiger partial charge in [-0.25, -0.2) is 9.37 Å². The maximum atomic E-state index is 13.2. The number of carbonyl (C=O) groups is 1. The lowest BCUT2D eigenvalue weighted by Crippen LogP contribution is -2.38. The molecule has 5 heteroatoms. The topological polar surface area (TPSA) is 46.9 Å². The summed E-state index contributed by atoms with van der Waals surface area (Å²) < 4.78 is 15.2. The number of nitrogens with one attached hydrogen (secondary N) is 1. The zero-order valence-corrected chi connectivity index (χ0v) is 14.3. The van der Waals surface area contributed by atoms with E-state index < -0.39 is 5.41 Å². The van der Waals surface area contributed by atoms with Crippen LogP contribution in [0.2, 0.25) is 0 Å². The minimum atomic E-state index is -0.532. The first kappa shape index (κ1) is 16.5. The van der Waals surface area contributed by atoms with Crippen LogP contribution in [-0.4, -0.2) is 15.5 Å². The average Bonchev–Trinajstić information content (AvgIpc) is 3.32. The van der Waals surface area contributed by atoms with E-state index >= 15 is 0 Å². The first-order valence-corrected chi connectivity index (χ1v) is 8.75. The second-order valence-electron chi connectivity index (χ2n) is 6.79. The number of nitrogens with zero attached hydrogens (tertiary/aromatic N) is 2. The largest absolute Gasteiger partial charge is 0.347 e. The molecule has 1 fully saturated rings. The maximum Gasteiger partial charge on any atom is 0.231 e. The van der Waals surface area contributed by atoms with Crippen molar-refractivity contribution in [2.24, 2.45) is 0 Å². The SMILES string of the molecule is O=C(N[C@@H](Cn1ccnc1)c1ccccc1)C1(c2ccc(F)cc2)CC1. The second kappa shape index (κ2) is 6.75. The minimum absolute atomic E-state index is 0.00178. The smallest absolute Gasteiger partial charge is 0.231 e. The van der Waals surface area contributed by atoms with Crippen LogP contribution in [0.25, 0.3) is 0 Å². The summed E-state index contributed by atoms with van der Waals surface area (Å²) in [4.78, 5) is 17.2. The van der Waals surface area contributed by atoms with Crippen LogP contribution >= 0.6 is 0 Å². The van der Waals surface area contributed by atoms with Gasteiger partial charge in [0.2, 0.25) is 5.91 Å². The molecule has 0 spiro atoms. The number of aromatic nitrogens is 2. The number of rotatable bonds is 6. The molecule has 1 heterocycles. The van der Waals surface area contributed by atoms with Crippen LogP contribution in [0.5, 0.6) is 0 Å². The van der Waals surface area contributed by atoms with Gasteiger partial charge in [-0.1, -0.05) is 42.5 Å². The van der Waals surface area contributed by atoms with Crippen LogP contribution in [0.3, 0.4) is 0 Å². The van der Waals surface area contributed by atoms with Gasteiger partial charge in [0.25, 0.3) is 0 Å². The Morgan fingerprint density at radius 2 is 1.88 bits per heavy atom. The minimum Gasteiger partial charge on any atom is -0.347 e. The van der Waals surface area contributed by atoms with E-state index in [4.69, 9.17) is 0 Å². The number of hydrogen-bond acceptors (Lipinski definition) is 2. The van der Waals surface area contributed by atoms with E-state index in [-0.39, 0.29) is 17.8 Å². The second-order valence-corrected chi connectivity index (χ2v) is 6.79. The molecule has 1 N–H and O–H groups in total. The zero-order valence-electron chi connectivity index (χ0n) is 14.3. The predicted octanol–water partition coefficient (Wildman–Crippen LogP) is 3.61. The van der Waals surface area contributed by atoms with Gasteiger partial charge in [-0.3, -0.25) is 4.79 Å². The molecule has 4 rings (SSSR count). The van der Waals surface area contributed by atoms with Gasteiger partial charge in [0, 0.05) is 18.9 Å². The van der Waals surface area contributed by atoms with Gasteiger partial charge in [0.15, 0.2) is 0 Å². The Balaban J connectivity index is 1.57. The Morgan fingerprint density at radius 3 is 2.50 bits per heavy atom. The van der Waals surface area contributed by atoms with Crippen molar-refractivity contribution < 1.29 is 9.18 Å². The highest BCUT2D eigenvalue weighted by Gasteiger charge is 2.51. The Labute approximate surface area is 151 Å². The van der Waals surface area contributed by atoms with Crippen LogP contribution in [0.4, 0.5) is 4.39 Å². The summed E-state index contributed by atoms with van der Waals surface area (Å²) in [6, 6.07) is 16.0. The van der Waals surface area contributed by atoms with Gasteiger partial charge in [-0.2, -0.15) is 0 Å². The van der Waals surface area contributed by atoms with Crippen molar-refractivity contribution in [2.75, 3.05) is 0 Å². The molecule has 3 aromatic rings. The van der Waals surface area contributed by atoms with Crippen LogP contribution in [0.1, 0.15) is 30.0 Å². The molecule has 1 aliphatic carbocycles. The molecule has 1 aromatic heterocycles. The van der Waals surface area contributed by atoms with Crippen molar-refractivity contribution >= 4 is 5.91 Å². The van der Waals surface area contributed by atoms with E-state index in [2.05, 4.69) is 10.3 Å². The van der Waals surface area contributed by atoms with E-state index in [1.54, 1.807) is 24.7 Å². The summed E-state index contributed by atoms with van der Waals surface area (Å²) in [5, 5.41) is 3.21. The molecule has 0 radical (unpaired) electrons. The van der Waals surface area contributed by atoms with Gasteiger partial charge in [0.1, 0.15) is 5.82 Å². The van der Waals surface area contributed by atoms with E-state index in [9.17, 15) is 9.18 Å². The Morgan fingerprint density at radius 1 is 1.15 bits per heavy atom. The molecule has 2 aromatic carbocycles. The summed E-state index contributed by atoms with van der Waals surface area (Å²) in [7, 11) is 0. The van der Waals surface area contributed by atoms with Crippen LogP contribution in [-0.2, 0) is 16.8 Å². The molecule has 26 heavy (non-hydrogen) atoms. The lowest BCUT2D eigenvalue weighted by molar-refractivity contribution is -0.124. The fourth-order valence-corrected chi connectivity index (χ4v) is 3.36. The van der Waals surface area contributed by atoms with Gasteiger partial charge >= 0.3 is 0 Å². The van der Waals surface area contributed by atoms with E-state index in [0.29, 0.717) is 6.54 Å². The van der Waals surface area contributed by atoms with E-state index in [1.165, 1.54) is 12.1 Å². The van der Waals surface area contributed by atoms with Crippen molar-refractivity contribution in [3.63, 3.8) is 0 Å². The lowest BCUT2D eigenvalue weighted by atomic mass is 9.94. The third kappa shape index (κ3) is 3.25. The number of carbonyl (C=O) groups excluding carboxylic acids is 1. The molecule has 0 saturated heterocycles.